The second-order valence-corrected chi connectivity index (χ2v) is 7.64. The second-order valence-electron chi connectivity index (χ2n) is 6.21. The van der Waals surface area contributed by atoms with Crippen LogP contribution in [0.4, 0.5) is 0 Å². The molecule has 1 aliphatic heterocycles. The Morgan fingerprint density at radius 2 is 1.81 bits per heavy atom. The van der Waals surface area contributed by atoms with Gasteiger partial charge in [-0.2, -0.15) is 0 Å². The van der Waals surface area contributed by atoms with E-state index in [1.807, 2.05) is 41.3 Å². The van der Waals surface area contributed by atoms with E-state index in [0.717, 1.165) is 28.8 Å². The third-order valence-electron chi connectivity index (χ3n) is 4.54. The summed E-state index contributed by atoms with van der Waals surface area (Å²) in [6.45, 7) is 3.16. The van der Waals surface area contributed by atoms with E-state index < -0.39 is 0 Å². The van der Waals surface area contributed by atoms with Crippen molar-refractivity contribution in [2.24, 2.45) is 0 Å². The van der Waals surface area contributed by atoms with Crippen molar-refractivity contribution in [3.8, 4) is 0 Å². The fraction of sp³-hybridized carbons (Fsp3) is 0.368. The van der Waals surface area contributed by atoms with Gasteiger partial charge >= 0.3 is 0 Å². The summed E-state index contributed by atoms with van der Waals surface area (Å²) < 4.78 is 0. The number of carbonyl (C=O) groups is 2. The number of piperazine rings is 1. The monoisotopic (exact) mass is 391 g/mol. The van der Waals surface area contributed by atoms with Crippen molar-refractivity contribution in [3.63, 3.8) is 0 Å². The van der Waals surface area contributed by atoms with Gasteiger partial charge in [-0.3, -0.25) is 14.5 Å². The molecule has 2 amide bonds. The molecule has 1 fully saturated rings. The highest BCUT2D eigenvalue weighted by Gasteiger charge is 2.22. The molecule has 2 aromatic carbocycles. The number of hydrogen-bond donors (Lipinski definition) is 1. The van der Waals surface area contributed by atoms with Crippen LogP contribution in [-0.2, 0) is 9.59 Å². The molecule has 1 saturated heterocycles. The molecular formula is C19H22ClN3O2S. The van der Waals surface area contributed by atoms with E-state index in [1.54, 1.807) is 7.05 Å². The van der Waals surface area contributed by atoms with Crippen LogP contribution in [0, 0.1) is 0 Å². The third-order valence-corrected chi connectivity index (χ3v) is 5.90. The normalized spacial score (nSPS) is 15.2. The fourth-order valence-corrected chi connectivity index (χ4v) is 4.40. The van der Waals surface area contributed by atoms with Gasteiger partial charge in [-0.25, -0.2) is 0 Å². The second kappa shape index (κ2) is 8.75. The molecule has 0 radical (unpaired) electrons. The van der Waals surface area contributed by atoms with Crippen molar-refractivity contribution in [1.82, 2.24) is 15.1 Å². The zero-order valence-corrected chi connectivity index (χ0v) is 16.3. The number of thioether (sulfide) groups is 1. The van der Waals surface area contributed by atoms with Crippen molar-refractivity contribution in [2.45, 2.75) is 4.90 Å². The van der Waals surface area contributed by atoms with E-state index in [0.29, 0.717) is 30.4 Å². The van der Waals surface area contributed by atoms with Crippen LogP contribution >= 0.6 is 23.4 Å². The van der Waals surface area contributed by atoms with Gasteiger partial charge in [-0.05, 0) is 17.5 Å². The van der Waals surface area contributed by atoms with Gasteiger partial charge in [-0.1, -0.05) is 35.9 Å². The first kappa shape index (κ1) is 19.0. The minimum Gasteiger partial charge on any atom is -0.358 e. The zero-order valence-electron chi connectivity index (χ0n) is 14.7. The maximum Gasteiger partial charge on any atom is 0.233 e. The molecule has 1 N–H and O–H groups in total. The summed E-state index contributed by atoms with van der Waals surface area (Å²) in [5.74, 6) is 0.520. The number of rotatable bonds is 5. The highest BCUT2D eigenvalue weighted by molar-refractivity contribution is 8.00. The van der Waals surface area contributed by atoms with Crippen molar-refractivity contribution in [2.75, 3.05) is 45.5 Å². The molecule has 26 heavy (non-hydrogen) atoms. The first-order chi connectivity index (χ1) is 12.6. The van der Waals surface area contributed by atoms with Gasteiger partial charge in [0.1, 0.15) is 0 Å². The molecule has 0 aromatic heterocycles. The molecule has 2 aromatic rings. The Labute approximate surface area is 162 Å². The van der Waals surface area contributed by atoms with Crippen molar-refractivity contribution < 1.29 is 9.59 Å². The van der Waals surface area contributed by atoms with Crippen LogP contribution in [-0.4, -0.2) is 67.1 Å². The highest BCUT2D eigenvalue weighted by Crippen LogP contribution is 2.33. The number of fused-ring (bicyclic) bond motifs is 1. The van der Waals surface area contributed by atoms with E-state index in [9.17, 15) is 9.59 Å². The van der Waals surface area contributed by atoms with Crippen LogP contribution in [0.1, 0.15) is 0 Å². The Bertz CT molecular complexity index is 801. The lowest BCUT2D eigenvalue weighted by Crippen LogP contribution is -2.51. The van der Waals surface area contributed by atoms with E-state index in [-0.39, 0.29) is 11.8 Å². The van der Waals surface area contributed by atoms with Gasteiger partial charge in [0.2, 0.25) is 11.8 Å². The molecule has 0 bridgehead atoms. The van der Waals surface area contributed by atoms with E-state index >= 15 is 0 Å². The number of halogens is 1. The van der Waals surface area contributed by atoms with Gasteiger partial charge in [0.05, 0.1) is 12.3 Å². The third kappa shape index (κ3) is 4.50. The lowest BCUT2D eigenvalue weighted by Gasteiger charge is -2.34. The SMILES string of the molecule is CNC(=O)CN1CCN(C(=O)CSc2cccc3cccc(Cl)c23)CC1. The summed E-state index contributed by atoms with van der Waals surface area (Å²) in [4.78, 5) is 29.0. The Kier molecular flexibility index (Phi) is 6.40. The minimum atomic E-state index is 0.00756. The van der Waals surface area contributed by atoms with Gasteiger partial charge < -0.3 is 10.2 Å². The first-order valence-electron chi connectivity index (χ1n) is 8.59. The predicted octanol–water partition coefficient (Wildman–Crippen LogP) is 2.48. The predicted molar refractivity (Wildman–Crippen MR) is 107 cm³/mol. The minimum absolute atomic E-state index is 0.00756. The number of nitrogens with zero attached hydrogens (tertiary/aromatic N) is 2. The molecular weight excluding hydrogens is 370 g/mol. The molecule has 3 rings (SSSR count). The standard InChI is InChI=1S/C19H22ClN3O2S/c1-21-17(24)12-22-8-10-23(11-9-22)18(25)13-26-16-7-3-5-14-4-2-6-15(20)19(14)16/h2-7H,8-13H2,1H3,(H,21,24). The van der Waals surface area contributed by atoms with E-state index in [2.05, 4.69) is 10.2 Å². The quantitative estimate of drug-likeness (QED) is 0.795. The number of amides is 2. The molecule has 0 aliphatic carbocycles. The fourth-order valence-electron chi connectivity index (χ4n) is 3.05. The van der Waals surface area contributed by atoms with Crippen molar-refractivity contribution >= 4 is 45.9 Å². The number of carbonyl (C=O) groups excluding carboxylic acids is 2. The Morgan fingerprint density at radius 3 is 2.50 bits per heavy atom. The average Bonchev–Trinajstić information content (AvgIpc) is 2.66. The van der Waals surface area contributed by atoms with Gasteiger partial charge in [-0.15, -0.1) is 11.8 Å². The summed E-state index contributed by atoms with van der Waals surface area (Å²) in [6, 6.07) is 11.9. The van der Waals surface area contributed by atoms with Crippen LogP contribution in [0.2, 0.25) is 5.02 Å². The smallest absolute Gasteiger partial charge is 0.233 e. The summed E-state index contributed by atoms with van der Waals surface area (Å²) >= 11 is 7.88. The molecule has 0 saturated carbocycles. The Hall–Kier alpha value is -1.76. The zero-order chi connectivity index (χ0) is 18.5. The molecule has 7 heteroatoms. The molecule has 1 heterocycles. The van der Waals surface area contributed by atoms with Crippen LogP contribution in [0.5, 0.6) is 0 Å². The Morgan fingerprint density at radius 1 is 1.12 bits per heavy atom. The van der Waals surface area contributed by atoms with Crippen molar-refractivity contribution in [3.05, 3.63) is 41.4 Å². The number of benzene rings is 2. The summed E-state index contributed by atoms with van der Waals surface area (Å²) in [7, 11) is 1.64. The number of nitrogens with one attached hydrogen (secondary N) is 1. The molecule has 5 nitrogen and oxygen atoms in total. The topological polar surface area (TPSA) is 52.7 Å². The van der Waals surface area contributed by atoms with Crippen LogP contribution in [0.25, 0.3) is 10.8 Å². The van der Waals surface area contributed by atoms with Crippen LogP contribution in [0.15, 0.2) is 41.3 Å². The molecule has 0 spiro atoms. The summed E-state index contributed by atoms with van der Waals surface area (Å²) in [5.41, 5.74) is 0. The first-order valence-corrected chi connectivity index (χ1v) is 9.95. The van der Waals surface area contributed by atoms with Gasteiger partial charge in [0.25, 0.3) is 0 Å². The summed E-state index contributed by atoms with van der Waals surface area (Å²) in [5, 5.41) is 5.42. The maximum absolute atomic E-state index is 12.6. The molecule has 1 aliphatic rings. The molecule has 138 valence electrons. The van der Waals surface area contributed by atoms with Crippen LogP contribution in [0.3, 0.4) is 0 Å². The number of hydrogen-bond acceptors (Lipinski definition) is 4. The lowest BCUT2D eigenvalue weighted by molar-refractivity contribution is -0.130. The number of likely N-dealkylation sites (N-methyl/N-ethyl adjacent to an activating group) is 1. The maximum atomic E-state index is 12.6. The highest BCUT2D eigenvalue weighted by atomic mass is 35.5. The van der Waals surface area contributed by atoms with Gasteiger partial charge in [0.15, 0.2) is 0 Å². The van der Waals surface area contributed by atoms with E-state index in [1.165, 1.54) is 11.8 Å². The van der Waals surface area contributed by atoms with Crippen LogP contribution < -0.4 is 5.32 Å². The largest absolute Gasteiger partial charge is 0.358 e. The molecule has 0 unspecified atom stereocenters. The average molecular weight is 392 g/mol. The van der Waals surface area contributed by atoms with Crippen molar-refractivity contribution in [1.29, 1.82) is 0 Å². The summed E-state index contributed by atoms with van der Waals surface area (Å²) in [6.07, 6.45) is 0. The molecule has 0 atom stereocenters. The van der Waals surface area contributed by atoms with E-state index in [4.69, 9.17) is 11.6 Å². The Balaban J connectivity index is 1.56. The van der Waals surface area contributed by atoms with Gasteiger partial charge in [0, 0.05) is 48.5 Å². The lowest BCUT2D eigenvalue weighted by atomic mass is 10.1.